The van der Waals surface area contributed by atoms with E-state index in [1.807, 2.05) is 27.7 Å². The zero-order chi connectivity index (χ0) is 79.7. The summed E-state index contributed by atoms with van der Waals surface area (Å²) in [6.07, 6.45) is 0.883. The van der Waals surface area contributed by atoms with Gasteiger partial charge in [-0.1, -0.05) is 87.3 Å². The van der Waals surface area contributed by atoms with Gasteiger partial charge < -0.3 is 70.5 Å². The molecule has 1 saturated carbocycles. The molecular weight excluding hydrogens is 1410 g/mol. The van der Waals surface area contributed by atoms with Gasteiger partial charge in [-0.25, -0.2) is 14.0 Å². The number of anilines is 1. The number of Topliss-reactive ketones (excluding diaryl/α,β-unsaturated/α-hetero) is 3. The van der Waals surface area contributed by atoms with Crippen LogP contribution in [0.5, 0.6) is 5.75 Å². The average molecular weight is 1520 g/mol. The maximum atomic E-state index is 15.0. The number of ketones is 3. The maximum Gasteiger partial charge on any atom is 0.410 e. The zero-order valence-electron chi connectivity index (χ0n) is 65.0. The van der Waals surface area contributed by atoms with E-state index in [0.717, 1.165) is 18.9 Å². The van der Waals surface area contributed by atoms with E-state index >= 15 is 0 Å². The fourth-order valence-electron chi connectivity index (χ4n) is 14.3. The predicted octanol–water partition coefficient (Wildman–Crippen LogP) is 7.98. The Kier molecular flexibility index (Phi) is 35.6. The number of carbonyl (C=O) groups excluding carboxylic acids is 12. The second kappa shape index (κ2) is 42.6. The van der Waals surface area contributed by atoms with Gasteiger partial charge in [0.2, 0.25) is 41.4 Å². The summed E-state index contributed by atoms with van der Waals surface area (Å²) < 4.78 is 43.3. The predicted molar refractivity (Wildman–Crippen MR) is 399 cm³/mol. The first-order valence-corrected chi connectivity index (χ1v) is 38.2. The summed E-state index contributed by atoms with van der Waals surface area (Å²) in [5.74, 6) is -9.08. The normalized spacial score (nSPS) is 18.7. The molecule has 12 atom stereocenters. The summed E-state index contributed by atoms with van der Waals surface area (Å²) in [6.45, 7) is 16.1. The number of carboxylic acid groups (broad SMARTS) is 1. The minimum absolute atomic E-state index is 0.0425. The molecule has 30 heteroatoms. The molecule has 2 saturated heterocycles. The lowest BCUT2D eigenvalue weighted by atomic mass is 9.83. The van der Waals surface area contributed by atoms with Crippen LogP contribution in [0.3, 0.4) is 0 Å². The van der Waals surface area contributed by atoms with Crippen LogP contribution in [0, 0.1) is 52.7 Å². The van der Waals surface area contributed by atoms with E-state index in [4.69, 9.17) is 29.4 Å². The van der Waals surface area contributed by atoms with Gasteiger partial charge in [0.1, 0.15) is 18.2 Å². The number of thioether (sulfide) groups is 1. The molecule has 0 radical (unpaired) electrons. The van der Waals surface area contributed by atoms with Crippen molar-refractivity contribution in [3.63, 3.8) is 0 Å². The molecule has 0 spiro atoms. The van der Waals surface area contributed by atoms with Crippen molar-refractivity contribution in [2.75, 3.05) is 79.8 Å². The van der Waals surface area contributed by atoms with Crippen molar-refractivity contribution >= 4 is 94.2 Å². The Balaban J connectivity index is 1.16. The number of nitrogens with one attached hydrogen (secondary N) is 4. The lowest BCUT2D eigenvalue weighted by Crippen LogP contribution is -2.54. The van der Waals surface area contributed by atoms with Gasteiger partial charge >= 0.3 is 18.1 Å². The van der Waals surface area contributed by atoms with E-state index in [0.29, 0.717) is 55.5 Å². The Morgan fingerprint density at radius 3 is 2.05 bits per heavy atom. The molecule has 10 amide bonds. The summed E-state index contributed by atoms with van der Waals surface area (Å²) in [7, 11) is 8.86. The molecule has 2 heterocycles. The van der Waals surface area contributed by atoms with Crippen LogP contribution in [-0.2, 0) is 73.5 Å². The molecule has 107 heavy (non-hydrogen) atoms. The highest BCUT2D eigenvalue weighted by Gasteiger charge is 2.49. The number of amides is 10. The number of urea groups is 1. The number of likely N-dealkylation sites (tertiary alicyclic amines) is 2. The van der Waals surface area contributed by atoms with E-state index in [1.54, 1.807) is 75.7 Å². The van der Waals surface area contributed by atoms with Crippen molar-refractivity contribution in [2.24, 2.45) is 52.6 Å². The van der Waals surface area contributed by atoms with Crippen molar-refractivity contribution < 1.29 is 95.5 Å². The first kappa shape index (κ1) is 89.5. The van der Waals surface area contributed by atoms with Gasteiger partial charge in [-0.3, -0.25) is 57.6 Å². The van der Waals surface area contributed by atoms with Gasteiger partial charge in [0, 0.05) is 110 Å². The minimum atomic E-state index is -1.01. The summed E-state index contributed by atoms with van der Waals surface area (Å²) >= 11 is 1.35. The number of nitrogens with zero attached hydrogens (tertiary/aromatic N) is 4. The molecule has 5 rings (SSSR count). The molecule has 3 aliphatic rings. The number of primary amides is 1. The third-order valence-electron chi connectivity index (χ3n) is 21.0. The quantitative estimate of drug-likeness (QED) is 0.0208. The lowest BCUT2D eigenvalue weighted by molar-refractivity contribution is -0.149. The van der Waals surface area contributed by atoms with Gasteiger partial charge in [-0.15, -0.1) is 11.8 Å². The number of carboxylic acids is 1. The highest BCUT2D eigenvalue weighted by atomic mass is 32.2. The molecule has 596 valence electrons. The number of hydrogen-bond donors (Lipinski definition) is 6. The molecule has 28 nitrogen and oxygen atoms in total. The molecule has 1 unspecified atom stereocenters. The van der Waals surface area contributed by atoms with E-state index < -0.39 is 119 Å². The van der Waals surface area contributed by atoms with E-state index in [2.05, 4.69) is 21.3 Å². The van der Waals surface area contributed by atoms with Crippen molar-refractivity contribution in [3.8, 4) is 5.75 Å². The van der Waals surface area contributed by atoms with Gasteiger partial charge in [-0.2, -0.15) is 0 Å². The Morgan fingerprint density at radius 2 is 1.48 bits per heavy atom. The van der Waals surface area contributed by atoms with Crippen molar-refractivity contribution in [1.82, 2.24) is 35.6 Å². The Hall–Kier alpha value is -8.09. The number of imide groups is 1. The topological polar surface area (TPSA) is 375 Å². The number of likely N-dealkylation sites (N-methyl/N-ethyl adjacent to an activating group) is 2. The SMILES string of the molecule is CC[C@H](C)[C@@H]([C@@H](CC(=O)N1C[C@H](OC)C[C@H]1[C@H](OC)[C@@H](C)C(=O)NCC(=O)c1ccc(OC)cc1F)OC)N(C)C(=O)[C@@H](CC(=O)[C@H](C(C)C)N(C)C(=O)OCc1ccc(NC(=O)[C@H](CCCNC(N)=O)CC(=O)[C@@H](NC(=O)CCCCCN2C(=O)CC(SCC3(CC(=O)O)CC3)C2=O)C(C)C)cc1)C(C)C. The summed E-state index contributed by atoms with van der Waals surface area (Å²) in [4.78, 5) is 180. The first-order valence-electron chi connectivity index (χ1n) is 37.2. The summed E-state index contributed by atoms with van der Waals surface area (Å²) in [5, 5.41) is 19.5. The highest BCUT2D eigenvalue weighted by Crippen LogP contribution is 2.52. The van der Waals surface area contributed by atoms with E-state index in [-0.39, 0.29) is 147 Å². The number of ether oxygens (including phenoxy) is 5. The largest absolute Gasteiger partial charge is 0.497 e. The van der Waals surface area contributed by atoms with Crippen LogP contribution in [0.4, 0.5) is 19.7 Å². The van der Waals surface area contributed by atoms with Crippen LogP contribution in [0.25, 0.3) is 0 Å². The second-order valence-electron chi connectivity index (χ2n) is 29.9. The Morgan fingerprint density at radius 1 is 0.794 bits per heavy atom. The third kappa shape index (κ3) is 26.1. The highest BCUT2D eigenvalue weighted by molar-refractivity contribution is 8.00. The molecular formula is C77H116FN9O19S. The van der Waals surface area contributed by atoms with Gasteiger partial charge in [0.25, 0.3) is 0 Å². The molecule has 7 N–H and O–H groups in total. The van der Waals surface area contributed by atoms with Crippen LogP contribution in [-0.4, -0.2) is 224 Å². The molecule has 2 aromatic carbocycles. The smallest absolute Gasteiger partial charge is 0.410 e. The molecule has 0 bridgehead atoms. The van der Waals surface area contributed by atoms with Crippen LogP contribution < -0.4 is 31.7 Å². The first-order chi connectivity index (χ1) is 50.5. The Bertz CT molecular complexity index is 3410. The number of benzene rings is 2. The van der Waals surface area contributed by atoms with E-state index in [9.17, 15) is 71.8 Å². The second-order valence-corrected chi connectivity index (χ2v) is 31.1. The number of carbonyl (C=O) groups is 13. The molecule has 0 aromatic heterocycles. The molecule has 2 aromatic rings. The number of nitrogens with two attached hydrogens (primary N) is 1. The monoisotopic (exact) mass is 1520 g/mol. The number of rotatable bonds is 47. The third-order valence-corrected chi connectivity index (χ3v) is 22.6. The average Bonchev–Trinajstić information content (AvgIpc) is 1.69. The summed E-state index contributed by atoms with van der Waals surface area (Å²) in [6, 6.07) is 6.19. The molecule has 3 fully saturated rings. The molecule has 2 aliphatic heterocycles. The van der Waals surface area contributed by atoms with E-state index in [1.165, 1.54) is 69.2 Å². The van der Waals surface area contributed by atoms with Crippen LogP contribution in [0.1, 0.15) is 175 Å². The van der Waals surface area contributed by atoms with Gasteiger partial charge in [0.05, 0.1) is 85.7 Å². The van der Waals surface area contributed by atoms with Crippen molar-refractivity contribution in [2.45, 2.75) is 213 Å². The summed E-state index contributed by atoms with van der Waals surface area (Å²) in [5.41, 5.74) is 5.64. The standard InChI is InChI=1S/C77H116FN9O19S/c1-16-47(8)69(61(104-14)37-64(92)87-41-53(103-13)35-57(87)70(105-15)48(9)71(96)81-40-60(90)54-28-27-52(102-12)34-56(54)78)84(10)73(98)55(44(2)3)36-59(89)68(46(6)7)85(11)76(101)106-42-49-23-25-51(26-24-49)82-72(97)50(21-20-31-80-75(79)100)33-58(88)67(45(4)5)83-63(91)22-18-17-19-32-86-65(93)38-62(74(86)99)107-43-77(29-30-77)39-66(94)95/h23-28,34,44-48,50,53,55,57,61-62,67-70H,16-22,29-33,35-43H2,1-15H3,(H,81,96)(H,82,97)(H,83,91)(H,94,95)(H3,79,80,100)/t47-,48+,50+,53+,55-,57-,61+,62?,67-,68-,69-,70+/m0/s1. The van der Waals surface area contributed by atoms with Gasteiger partial charge in [0.15, 0.2) is 17.3 Å². The number of methoxy groups -OCH3 is 4. The van der Waals surface area contributed by atoms with Crippen LogP contribution in [0.2, 0.25) is 0 Å². The number of aliphatic carboxylic acids is 1. The lowest BCUT2D eigenvalue weighted by Gasteiger charge is -2.41. The van der Waals surface area contributed by atoms with Crippen molar-refractivity contribution in [3.05, 3.63) is 59.4 Å². The Labute approximate surface area is 633 Å². The fraction of sp³-hybridized carbons (Fsp3) is 0.675. The van der Waals surface area contributed by atoms with Crippen LogP contribution in [0.15, 0.2) is 42.5 Å². The number of hydrogen-bond acceptors (Lipinski definition) is 19. The fourth-order valence-corrected chi connectivity index (χ4v) is 15.8. The van der Waals surface area contributed by atoms with Gasteiger partial charge in [-0.05, 0) is 104 Å². The minimum Gasteiger partial charge on any atom is -0.497 e. The molecule has 1 aliphatic carbocycles. The van der Waals surface area contributed by atoms with Crippen LogP contribution >= 0.6 is 11.8 Å². The van der Waals surface area contributed by atoms with Crippen molar-refractivity contribution in [1.29, 1.82) is 0 Å². The zero-order valence-corrected chi connectivity index (χ0v) is 65.8. The number of unbranched alkanes of at least 4 members (excludes halogenated alkanes) is 2. The maximum absolute atomic E-state index is 15.0. The number of halogens is 1.